The van der Waals surface area contributed by atoms with Crippen LogP contribution in [0.5, 0.6) is 11.5 Å². The van der Waals surface area contributed by atoms with Crippen molar-refractivity contribution < 1.29 is 19.2 Å². The van der Waals surface area contributed by atoms with Gasteiger partial charge in [-0.25, -0.2) is 0 Å². The lowest BCUT2D eigenvalue weighted by molar-refractivity contribution is -0.384. The molecule has 1 N–H and O–H groups in total. The van der Waals surface area contributed by atoms with Crippen LogP contribution < -0.4 is 14.8 Å². The molecule has 1 amide bonds. The van der Waals surface area contributed by atoms with Crippen LogP contribution in [0.1, 0.15) is 45.1 Å². The molecule has 0 bridgehead atoms. The molecule has 2 aromatic rings. The Morgan fingerprint density at radius 1 is 1.21 bits per heavy atom. The second-order valence-corrected chi connectivity index (χ2v) is 7.96. The van der Waals surface area contributed by atoms with E-state index in [0.29, 0.717) is 34.7 Å². The van der Waals surface area contributed by atoms with Gasteiger partial charge in [-0.15, -0.1) is 0 Å². The maximum absolute atomic E-state index is 12.6. The van der Waals surface area contributed by atoms with Gasteiger partial charge in [-0.2, -0.15) is 5.26 Å². The number of carbonyl (C=O) groups excluding carboxylic acids is 1. The Morgan fingerprint density at radius 2 is 2.00 bits per heavy atom. The number of halogens is 1. The molecule has 0 atom stereocenters. The van der Waals surface area contributed by atoms with Crippen molar-refractivity contribution in [1.29, 1.82) is 5.26 Å². The molecule has 33 heavy (non-hydrogen) atoms. The average molecular weight is 516 g/mol. The first-order chi connectivity index (χ1) is 15.9. The number of carbonyl (C=O) groups is 1. The number of nitrogens with zero attached hydrogens (tertiary/aromatic N) is 2. The third-order valence-corrected chi connectivity index (χ3v) is 5.16. The van der Waals surface area contributed by atoms with Gasteiger partial charge in [-0.3, -0.25) is 14.9 Å². The van der Waals surface area contributed by atoms with E-state index in [0.717, 1.165) is 25.7 Å². The highest BCUT2D eigenvalue weighted by Gasteiger charge is 2.15. The lowest BCUT2D eigenvalue weighted by Crippen LogP contribution is -2.13. The van der Waals surface area contributed by atoms with Gasteiger partial charge in [0.05, 0.1) is 22.6 Å². The molecule has 8 nitrogen and oxygen atoms in total. The van der Waals surface area contributed by atoms with Crippen LogP contribution in [0.3, 0.4) is 0 Å². The molecule has 174 valence electrons. The normalized spacial score (nSPS) is 10.9. The standard InChI is InChI=1S/C24H26BrN3O5/c1-3-5-6-7-11-33-23-21(25)13-17(14-22(23)32-4-2)12-18(16-26)24(29)27-19-9-8-10-20(15-19)28(30)31/h8-10,12-15H,3-7,11H2,1-2H3,(H,27,29)/b18-12-. The van der Waals surface area contributed by atoms with Crippen molar-refractivity contribution in [3.63, 3.8) is 0 Å². The summed E-state index contributed by atoms with van der Waals surface area (Å²) < 4.78 is 12.3. The fourth-order valence-electron chi connectivity index (χ4n) is 2.99. The van der Waals surface area contributed by atoms with Crippen LogP contribution in [0.2, 0.25) is 0 Å². The lowest BCUT2D eigenvalue weighted by Gasteiger charge is -2.15. The van der Waals surface area contributed by atoms with E-state index in [1.807, 2.05) is 13.0 Å². The topological polar surface area (TPSA) is 114 Å². The van der Waals surface area contributed by atoms with E-state index in [1.165, 1.54) is 30.3 Å². The van der Waals surface area contributed by atoms with Crippen molar-refractivity contribution in [2.75, 3.05) is 18.5 Å². The summed E-state index contributed by atoms with van der Waals surface area (Å²) in [5.41, 5.74) is 0.461. The molecule has 0 aromatic heterocycles. The maximum Gasteiger partial charge on any atom is 0.271 e. The number of hydrogen-bond acceptors (Lipinski definition) is 6. The van der Waals surface area contributed by atoms with Gasteiger partial charge in [0, 0.05) is 17.8 Å². The van der Waals surface area contributed by atoms with Gasteiger partial charge in [0.2, 0.25) is 0 Å². The van der Waals surface area contributed by atoms with Crippen LogP contribution in [-0.2, 0) is 4.79 Å². The molecular formula is C24H26BrN3O5. The third kappa shape index (κ3) is 7.91. The number of benzene rings is 2. The molecule has 0 heterocycles. The summed E-state index contributed by atoms with van der Waals surface area (Å²) in [6.45, 7) is 4.98. The van der Waals surface area contributed by atoms with E-state index in [1.54, 1.807) is 12.1 Å². The molecule has 9 heteroatoms. The monoisotopic (exact) mass is 515 g/mol. The minimum Gasteiger partial charge on any atom is -0.490 e. The minimum absolute atomic E-state index is 0.161. The molecule has 2 rings (SSSR count). The van der Waals surface area contributed by atoms with Crippen molar-refractivity contribution in [2.45, 2.75) is 39.5 Å². The Morgan fingerprint density at radius 3 is 2.67 bits per heavy atom. The number of unbranched alkanes of at least 4 members (excludes halogenated alkanes) is 3. The minimum atomic E-state index is -0.677. The quantitative estimate of drug-likeness (QED) is 0.117. The second kappa shape index (κ2) is 13.2. The Bertz CT molecular complexity index is 1060. The van der Waals surface area contributed by atoms with Crippen LogP contribution >= 0.6 is 15.9 Å². The highest BCUT2D eigenvalue weighted by molar-refractivity contribution is 9.10. The number of hydrogen-bond donors (Lipinski definition) is 1. The number of amides is 1. The Labute approximate surface area is 201 Å². The number of nitriles is 1. The number of nitro benzene ring substituents is 1. The second-order valence-electron chi connectivity index (χ2n) is 7.10. The van der Waals surface area contributed by atoms with Gasteiger partial charge in [0.15, 0.2) is 11.5 Å². The smallest absolute Gasteiger partial charge is 0.271 e. The zero-order valence-corrected chi connectivity index (χ0v) is 20.2. The molecule has 0 aliphatic heterocycles. The first-order valence-corrected chi connectivity index (χ1v) is 11.5. The predicted octanol–water partition coefficient (Wildman–Crippen LogP) is 6.26. The summed E-state index contributed by atoms with van der Waals surface area (Å²) in [6, 6.07) is 10.8. The number of non-ortho nitro benzene ring substituents is 1. The van der Waals surface area contributed by atoms with Crippen LogP contribution in [-0.4, -0.2) is 24.0 Å². The Balaban J connectivity index is 2.23. The summed E-state index contributed by atoms with van der Waals surface area (Å²) >= 11 is 3.49. The van der Waals surface area contributed by atoms with E-state index in [2.05, 4.69) is 28.2 Å². The summed E-state index contributed by atoms with van der Waals surface area (Å²) in [6.07, 6.45) is 5.74. The van der Waals surface area contributed by atoms with Crippen molar-refractivity contribution in [3.8, 4) is 17.6 Å². The van der Waals surface area contributed by atoms with Crippen molar-refractivity contribution in [2.24, 2.45) is 0 Å². The molecule has 0 fully saturated rings. The lowest BCUT2D eigenvalue weighted by atomic mass is 10.1. The molecule has 0 radical (unpaired) electrons. The molecule has 0 aliphatic rings. The molecule has 0 saturated carbocycles. The van der Waals surface area contributed by atoms with Gasteiger partial charge in [-0.1, -0.05) is 32.3 Å². The van der Waals surface area contributed by atoms with Crippen LogP contribution in [0.4, 0.5) is 11.4 Å². The molecule has 0 unspecified atom stereocenters. The van der Waals surface area contributed by atoms with E-state index < -0.39 is 10.8 Å². The van der Waals surface area contributed by atoms with E-state index in [4.69, 9.17) is 9.47 Å². The molecular weight excluding hydrogens is 490 g/mol. The van der Waals surface area contributed by atoms with Crippen molar-refractivity contribution in [3.05, 3.63) is 62.1 Å². The summed E-state index contributed by atoms with van der Waals surface area (Å²) in [5.74, 6) is 0.401. The van der Waals surface area contributed by atoms with Gasteiger partial charge in [0.25, 0.3) is 11.6 Å². The fraction of sp³-hybridized carbons (Fsp3) is 0.333. The average Bonchev–Trinajstić information content (AvgIpc) is 2.79. The first-order valence-electron chi connectivity index (χ1n) is 10.7. The zero-order chi connectivity index (χ0) is 24.2. The van der Waals surface area contributed by atoms with Gasteiger partial charge < -0.3 is 14.8 Å². The van der Waals surface area contributed by atoms with Gasteiger partial charge >= 0.3 is 0 Å². The van der Waals surface area contributed by atoms with Crippen molar-refractivity contribution >= 4 is 39.3 Å². The van der Waals surface area contributed by atoms with Gasteiger partial charge in [-0.05, 0) is 59.1 Å². The molecule has 2 aromatic carbocycles. The van der Waals surface area contributed by atoms with Crippen molar-refractivity contribution in [1.82, 2.24) is 0 Å². The number of anilines is 1. The molecule has 0 spiro atoms. The highest BCUT2D eigenvalue weighted by Crippen LogP contribution is 2.37. The number of nitrogens with one attached hydrogen (secondary N) is 1. The number of ether oxygens (including phenoxy) is 2. The third-order valence-electron chi connectivity index (χ3n) is 4.57. The van der Waals surface area contributed by atoms with E-state index in [-0.39, 0.29) is 16.9 Å². The Hall–Kier alpha value is -3.38. The zero-order valence-electron chi connectivity index (χ0n) is 18.6. The van der Waals surface area contributed by atoms with E-state index in [9.17, 15) is 20.2 Å². The molecule has 0 saturated heterocycles. The number of rotatable bonds is 12. The van der Waals surface area contributed by atoms with E-state index >= 15 is 0 Å². The highest BCUT2D eigenvalue weighted by atomic mass is 79.9. The van der Waals surface area contributed by atoms with Crippen LogP contribution in [0.15, 0.2) is 46.4 Å². The molecule has 0 aliphatic carbocycles. The number of nitro groups is 1. The summed E-state index contributed by atoms with van der Waals surface area (Å²) in [5, 5.41) is 23.0. The first kappa shape index (κ1) is 25.9. The SMILES string of the molecule is CCCCCCOc1c(Br)cc(/C=C(/C#N)C(=O)Nc2cccc([N+](=O)[O-])c2)cc1OCC. The largest absolute Gasteiger partial charge is 0.490 e. The van der Waals surface area contributed by atoms with Crippen LogP contribution in [0.25, 0.3) is 6.08 Å². The summed E-state index contributed by atoms with van der Waals surface area (Å²) in [4.78, 5) is 23.0. The predicted molar refractivity (Wildman–Crippen MR) is 130 cm³/mol. The fourth-order valence-corrected chi connectivity index (χ4v) is 3.56. The Kier molecular flexibility index (Phi) is 10.4. The van der Waals surface area contributed by atoms with Crippen LogP contribution in [0, 0.1) is 21.4 Å². The summed E-state index contributed by atoms with van der Waals surface area (Å²) in [7, 11) is 0. The van der Waals surface area contributed by atoms with Gasteiger partial charge in [0.1, 0.15) is 11.6 Å². The maximum atomic E-state index is 12.6.